The monoisotopic (exact) mass is 447 g/mol. The highest BCUT2D eigenvalue weighted by molar-refractivity contribution is 5.97. The number of aryl methyl sites for hydroxylation is 1. The van der Waals surface area contributed by atoms with E-state index in [-0.39, 0.29) is 18.1 Å². The van der Waals surface area contributed by atoms with Crippen LogP contribution in [0.3, 0.4) is 0 Å². The van der Waals surface area contributed by atoms with E-state index in [9.17, 15) is 4.79 Å². The van der Waals surface area contributed by atoms with Crippen molar-refractivity contribution in [2.45, 2.75) is 26.0 Å². The van der Waals surface area contributed by atoms with Gasteiger partial charge in [-0.2, -0.15) is 0 Å². The maximum atomic E-state index is 13.3. The van der Waals surface area contributed by atoms with Crippen molar-refractivity contribution in [3.05, 3.63) is 71.3 Å². The predicted molar refractivity (Wildman–Crippen MR) is 132 cm³/mol. The van der Waals surface area contributed by atoms with Crippen LogP contribution in [0.5, 0.6) is 11.5 Å². The van der Waals surface area contributed by atoms with Crippen molar-refractivity contribution < 1.29 is 14.3 Å². The van der Waals surface area contributed by atoms with Gasteiger partial charge in [-0.25, -0.2) is 0 Å². The fourth-order valence-corrected chi connectivity index (χ4v) is 3.99. The van der Waals surface area contributed by atoms with Crippen molar-refractivity contribution in [1.29, 1.82) is 0 Å². The molecule has 174 valence electrons. The Kier molecular flexibility index (Phi) is 7.16. The van der Waals surface area contributed by atoms with Crippen LogP contribution in [0.2, 0.25) is 0 Å². The number of fused-ring (bicyclic) bond motifs is 1. The van der Waals surface area contributed by atoms with Gasteiger partial charge in [0, 0.05) is 30.8 Å². The van der Waals surface area contributed by atoms with Crippen molar-refractivity contribution in [2.75, 3.05) is 40.3 Å². The first kappa shape index (κ1) is 23.1. The number of nitrogens with zero attached hydrogens (tertiary/aromatic N) is 1. The van der Waals surface area contributed by atoms with Crippen LogP contribution in [0.15, 0.2) is 54.6 Å². The van der Waals surface area contributed by atoms with Crippen LogP contribution >= 0.6 is 0 Å². The van der Waals surface area contributed by atoms with Crippen LogP contribution in [-0.4, -0.2) is 57.2 Å². The summed E-state index contributed by atoms with van der Waals surface area (Å²) in [6.45, 7) is 7.02. The Morgan fingerprint density at radius 1 is 1.15 bits per heavy atom. The van der Waals surface area contributed by atoms with Crippen molar-refractivity contribution in [2.24, 2.45) is 0 Å². The standard InChI is InChI=1S/C27H33N3O3/c1-18-9-11-21(33-22-16-28-17-22)15-24(18)27(31)29-19(2)26-23-8-6-5-7-20(23)10-12-25(26)32-14-13-30(3)4/h5-12,15,19,22,28H,13-14,16-17H2,1-4H3,(H,29,31). The SMILES string of the molecule is Cc1ccc(OC2CNC2)cc1C(=O)NC(C)c1c(OCCN(C)C)ccc2ccccc12. The third-order valence-corrected chi connectivity index (χ3v) is 6.01. The number of hydrogen-bond acceptors (Lipinski definition) is 5. The Labute approximate surface area is 195 Å². The van der Waals surface area contributed by atoms with E-state index in [4.69, 9.17) is 9.47 Å². The summed E-state index contributed by atoms with van der Waals surface area (Å²) in [5.41, 5.74) is 2.53. The molecule has 33 heavy (non-hydrogen) atoms. The molecule has 1 unspecified atom stereocenters. The molecule has 6 heteroatoms. The molecule has 0 radical (unpaired) electrons. The van der Waals surface area contributed by atoms with Crippen molar-refractivity contribution in [3.8, 4) is 11.5 Å². The number of carbonyl (C=O) groups is 1. The first-order chi connectivity index (χ1) is 15.9. The van der Waals surface area contributed by atoms with Gasteiger partial charge in [0.2, 0.25) is 0 Å². The molecule has 0 spiro atoms. The molecule has 0 aliphatic carbocycles. The zero-order chi connectivity index (χ0) is 23.4. The van der Waals surface area contributed by atoms with Crippen molar-refractivity contribution in [1.82, 2.24) is 15.5 Å². The topological polar surface area (TPSA) is 62.8 Å². The third-order valence-electron chi connectivity index (χ3n) is 6.01. The maximum Gasteiger partial charge on any atom is 0.252 e. The third kappa shape index (κ3) is 5.46. The summed E-state index contributed by atoms with van der Waals surface area (Å²) in [7, 11) is 4.05. The van der Waals surface area contributed by atoms with E-state index in [1.165, 1.54) is 0 Å². The summed E-state index contributed by atoms with van der Waals surface area (Å²) < 4.78 is 12.1. The highest BCUT2D eigenvalue weighted by atomic mass is 16.5. The summed E-state index contributed by atoms with van der Waals surface area (Å²) in [5, 5.41) is 8.59. The summed E-state index contributed by atoms with van der Waals surface area (Å²) >= 11 is 0. The fraction of sp³-hybridized carbons (Fsp3) is 0.370. The number of benzene rings is 3. The lowest BCUT2D eigenvalue weighted by atomic mass is 9.97. The largest absolute Gasteiger partial charge is 0.492 e. The number of carbonyl (C=O) groups excluding carboxylic acids is 1. The van der Waals surface area contributed by atoms with Crippen molar-refractivity contribution >= 4 is 16.7 Å². The molecule has 1 heterocycles. The molecule has 3 aromatic rings. The lowest BCUT2D eigenvalue weighted by Gasteiger charge is -2.28. The highest BCUT2D eigenvalue weighted by Crippen LogP contribution is 2.33. The Morgan fingerprint density at radius 2 is 1.94 bits per heavy atom. The second-order valence-electron chi connectivity index (χ2n) is 8.92. The number of rotatable bonds is 9. The number of amides is 1. The minimum atomic E-state index is -0.238. The second-order valence-corrected chi connectivity index (χ2v) is 8.92. The van der Waals surface area contributed by atoms with E-state index in [0.717, 1.165) is 53.0 Å². The lowest BCUT2D eigenvalue weighted by Crippen LogP contribution is -2.50. The normalized spacial score (nSPS) is 14.7. The Balaban J connectivity index is 1.58. The molecule has 4 rings (SSSR count). The molecular formula is C27H33N3O3. The fourth-order valence-electron chi connectivity index (χ4n) is 3.99. The predicted octanol–water partition coefficient (Wildman–Crippen LogP) is 3.93. The minimum Gasteiger partial charge on any atom is -0.492 e. The molecular weight excluding hydrogens is 414 g/mol. The van der Waals surface area contributed by atoms with Crippen LogP contribution in [0.25, 0.3) is 10.8 Å². The van der Waals surface area contributed by atoms with Crippen LogP contribution in [0.4, 0.5) is 0 Å². The van der Waals surface area contributed by atoms with Gasteiger partial charge in [-0.05, 0) is 62.5 Å². The maximum absolute atomic E-state index is 13.3. The summed E-state index contributed by atoms with van der Waals surface area (Å²) in [4.78, 5) is 15.4. The highest BCUT2D eigenvalue weighted by Gasteiger charge is 2.22. The van der Waals surface area contributed by atoms with E-state index in [1.54, 1.807) is 0 Å². The molecule has 3 aromatic carbocycles. The van der Waals surface area contributed by atoms with Crippen molar-refractivity contribution in [3.63, 3.8) is 0 Å². The first-order valence-electron chi connectivity index (χ1n) is 11.5. The van der Waals surface area contributed by atoms with Gasteiger partial charge in [0.15, 0.2) is 0 Å². The first-order valence-corrected chi connectivity index (χ1v) is 11.5. The second kappa shape index (κ2) is 10.2. The van der Waals surface area contributed by atoms with Gasteiger partial charge < -0.3 is 25.0 Å². The molecule has 1 atom stereocenters. The zero-order valence-corrected chi connectivity index (χ0v) is 19.9. The molecule has 6 nitrogen and oxygen atoms in total. The van der Waals surface area contributed by atoms with Gasteiger partial charge in [-0.1, -0.05) is 36.4 Å². The van der Waals surface area contributed by atoms with Gasteiger partial charge >= 0.3 is 0 Å². The summed E-state index contributed by atoms with van der Waals surface area (Å²) in [6, 6.07) is 17.7. The van der Waals surface area contributed by atoms with E-state index >= 15 is 0 Å². The average Bonchev–Trinajstić information content (AvgIpc) is 2.76. The summed E-state index contributed by atoms with van der Waals surface area (Å²) in [6.07, 6.45) is 0.167. The Morgan fingerprint density at radius 3 is 2.67 bits per heavy atom. The number of hydrogen-bond donors (Lipinski definition) is 2. The van der Waals surface area contributed by atoms with E-state index < -0.39 is 0 Å². The smallest absolute Gasteiger partial charge is 0.252 e. The molecule has 0 bridgehead atoms. The van der Waals surface area contributed by atoms with E-state index in [1.807, 2.05) is 64.3 Å². The van der Waals surface area contributed by atoms with E-state index in [2.05, 4.69) is 33.7 Å². The van der Waals surface area contributed by atoms with Crippen LogP contribution in [0, 0.1) is 6.92 Å². The molecule has 1 aliphatic heterocycles. The van der Waals surface area contributed by atoms with Gasteiger partial charge in [-0.15, -0.1) is 0 Å². The molecule has 0 aromatic heterocycles. The van der Waals surface area contributed by atoms with Gasteiger partial charge in [0.25, 0.3) is 5.91 Å². The molecule has 1 saturated heterocycles. The molecule has 1 aliphatic rings. The minimum absolute atomic E-state index is 0.121. The van der Waals surface area contributed by atoms with Gasteiger partial charge in [0.05, 0.1) is 6.04 Å². The lowest BCUT2D eigenvalue weighted by molar-refractivity contribution is 0.0937. The Hall–Kier alpha value is -3.09. The van der Waals surface area contributed by atoms with Crippen LogP contribution in [0.1, 0.15) is 34.5 Å². The molecule has 1 fully saturated rings. The zero-order valence-electron chi connectivity index (χ0n) is 19.9. The number of nitrogens with one attached hydrogen (secondary N) is 2. The average molecular weight is 448 g/mol. The molecule has 2 N–H and O–H groups in total. The number of likely N-dealkylation sites (N-methyl/N-ethyl adjacent to an activating group) is 1. The number of ether oxygens (including phenoxy) is 2. The summed E-state index contributed by atoms with van der Waals surface area (Å²) in [5.74, 6) is 1.40. The quantitative estimate of drug-likeness (QED) is 0.520. The van der Waals surface area contributed by atoms with Gasteiger partial charge in [0.1, 0.15) is 24.2 Å². The van der Waals surface area contributed by atoms with Gasteiger partial charge in [-0.3, -0.25) is 4.79 Å². The van der Waals surface area contributed by atoms with Crippen LogP contribution in [-0.2, 0) is 0 Å². The Bertz CT molecular complexity index is 1120. The van der Waals surface area contributed by atoms with E-state index in [0.29, 0.717) is 12.2 Å². The molecule has 0 saturated carbocycles. The van der Waals surface area contributed by atoms with Crippen LogP contribution < -0.4 is 20.1 Å². The molecule has 1 amide bonds.